The van der Waals surface area contributed by atoms with E-state index in [0.717, 1.165) is 5.56 Å². The van der Waals surface area contributed by atoms with Gasteiger partial charge >= 0.3 is 5.97 Å². The molecule has 0 radical (unpaired) electrons. The molecule has 1 amide bonds. The molecule has 0 unspecified atom stereocenters. The molecule has 0 bridgehead atoms. The molecule has 1 aliphatic rings. The Morgan fingerprint density at radius 1 is 1.48 bits per heavy atom. The summed E-state index contributed by atoms with van der Waals surface area (Å²) >= 11 is 6.16. The minimum Gasteiger partial charge on any atom is -0.466 e. The number of halogens is 1. The second-order valence-electron chi connectivity index (χ2n) is 5.19. The van der Waals surface area contributed by atoms with E-state index in [1.54, 1.807) is 13.0 Å². The van der Waals surface area contributed by atoms with Crippen molar-refractivity contribution in [2.45, 2.75) is 25.6 Å². The number of amides is 1. The molecule has 1 saturated heterocycles. The number of carbonyl (C=O) groups excluding carboxylic acids is 2. The van der Waals surface area contributed by atoms with E-state index in [0.29, 0.717) is 18.2 Å². The van der Waals surface area contributed by atoms with Gasteiger partial charge in [0, 0.05) is 17.1 Å². The maximum atomic E-state index is 12.3. The summed E-state index contributed by atoms with van der Waals surface area (Å²) in [7, 11) is 0. The van der Waals surface area contributed by atoms with Gasteiger partial charge in [0.2, 0.25) is 0 Å². The van der Waals surface area contributed by atoms with E-state index in [9.17, 15) is 14.7 Å². The van der Waals surface area contributed by atoms with E-state index in [2.05, 4.69) is 0 Å². The Labute approximate surface area is 139 Å². The summed E-state index contributed by atoms with van der Waals surface area (Å²) in [6.45, 7) is 2.87. The molecule has 0 aromatic heterocycles. The predicted molar refractivity (Wildman–Crippen MR) is 84.0 cm³/mol. The first-order valence-corrected chi connectivity index (χ1v) is 7.89. The number of ether oxygens (including phenoxy) is 2. The van der Waals surface area contributed by atoms with Crippen LogP contribution >= 0.6 is 11.6 Å². The molecular weight excluding hydrogens is 322 g/mol. The van der Waals surface area contributed by atoms with Crippen molar-refractivity contribution < 1.29 is 24.2 Å². The molecule has 126 valence electrons. The topological polar surface area (TPSA) is 76.1 Å². The molecule has 1 aromatic carbocycles. The molecule has 1 fully saturated rings. The lowest BCUT2D eigenvalue weighted by atomic mass is 10.1. The molecule has 7 heteroatoms. The third kappa shape index (κ3) is 4.67. The van der Waals surface area contributed by atoms with E-state index in [-0.39, 0.29) is 25.7 Å². The number of carbonyl (C=O) groups is 2. The third-order valence-electron chi connectivity index (χ3n) is 3.58. The highest BCUT2D eigenvalue weighted by Crippen LogP contribution is 2.28. The van der Waals surface area contributed by atoms with Gasteiger partial charge in [0.25, 0.3) is 5.91 Å². The van der Waals surface area contributed by atoms with Gasteiger partial charge in [-0.3, -0.25) is 9.59 Å². The van der Waals surface area contributed by atoms with Crippen LogP contribution in [0.1, 0.15) is 25.0 Å². The van der Waals surface area contributed by atoms with Crippen LogP contribution in [0.5, 0.6) is 0 Å². The first kappa shape index (κ1) is 17.7. The van der Waals surface area contributed by atoms with Gasteiger partial charge in [0.15, 0.2) is 0 Å². The summed E-state index contributed by atoms with van der Waals surface area (Å²) in [6.07, 6.45) is -2.10. The van der Waals surface area contributed by atoms with Gasteiger partial charge in [-0.25, -0.2) is 0 Å². The summed E-state index contributed by atoms with van der Waals surface area (Å²) in [4.78, 5) is 25.1. The zero-order valence-corrected chi connectivity index (χ0v) is 13.7. The van der Waals surface area contributed by atoms with Crippen molar-refractivity contribution in [3.8, 4) is 0 Å². The second-order valence-corrected chi connectivity index (χ2v) is 5.60. The van der Waals surface area contributed by atoms with E-state index < -0.39 is 18.0 Å². The molecule has 0 spiro atoms. The van der Waals surface area contributed by atoms with E-state index in [4.69, 9.17) is 21.1 Å². The first-order chi connectivity index (χ1) is 11.0. The largest absolute Gasteiger partial charge is 0.466 e. The zero-order valence-electron chi connectivity index (χ0n) is 12.9. The van der Waals surface area contributed by atoms with Gasteiger partial charge in [-0.05, 0) is 13.0 Å². The van der Waals surface area contributed by atoms with Crippen molar-refractivity contribution >= 4 is 23.5 Å². The lowest BCUT2D eigenvalue weighted by molar-refractivity contribution is -0.155. The van der Waals surface area contributed by atoms with Gasteiger partial charge in [0.1, 0.15) is 12.2 Å². The fourth-order valence-electron chi connectivity index (χ4n) is 2.45. The van der Waals surface area contributed by atoms with E-state index in [1.165, 1.54) is 4.90 Å². The number of benzene rings is 1. The molecule has 1 heterocycles. The first-order valence-electron chi connectivity index (χ1n) is 7.51. The number of hydrogen-bond donors (Lipinski definition) is 1. The number of aliphatic hydroxyl groups is 1. The van der Waals surface area contributed by atoms with Crippen LogP contribution in [-0.4, -0.2) is 54.3 Å². The minimum atomic E-state index is -1.40. The summed E-state index contributed by atoms with van der Waals surface area (Å²) < 4.78 is 10.4. The van der Waals surface area contributed by atoms with Gasteiger partial charge in [-0.1, -0.05) is 29.8 Å². The molecule has 2 rings (SSSR count). The monoisotopic (exact) mass is 341 g/mol. The Bertz CT molecular complexity index is 565. The van der Waals surface area contributed by atoms with E-state index in [1.807, 2.05) is 18.2 Å². The van der Waals surface area contributed by atoms with Crippen molar-refractivity contribution in [3.05, 3.63) is 34.9 Å². The number of aliphatic hydroxyl groups excluding tert-OH is 1. The molecule has 1 aromatic rings. The van der Waals surface area contributed by atoms with Crippen molar-refractivity contribution in [1.82, 2.24) is 4.90 Å². The predicted octanol–water partition coefficient (Wildman–Crippen LogP) is 1.55. The molecule has 6 nitrogen and oxygen atoms in total. The van der Waals surface area contributed by atoms with Crippen LogP contribution in [0.15, 0.2) is 24.3 Å². The standard InChI is InChI=1S/C16H20ClNO5/c1-2-22-15(20)9-13(19)16(21)18-7-8-23-14(10-18)11-5-3-4-6-12(11)17/h3-6,13-14,19H,2,7-10H2,1H3/t13-,14-/m1/s1. The van der Waals surface area contributed by atoms with Crippen molar-refractivity contribution in [2.24, 2.45) is 0 Å². The van der Waals surface area contributed by atoms with Crippen molar-refractivity contribution in [2.75, 3.05) is 26.3 Å². The Balaban J connectivity index is 1.99. The fourth-order valence-corrected chi connectivity index (χ4v) is 2.71. The molecule has 1 aliphatic heterocycles. The van der Waals surface area contributed by atoms with Crippen molar-refractivity contribution in [1.29, 1.82) is 0 Å². The average molecular weight is 342 g/mol. The maximum Gasteiger partial charge on any atom is 0.308 e. The summed E-state index contributed by atoms with van der Waals surface area (Å²) in [6, 6.07) is 7.27. The van der Waals surface area contributed by atoms with Gasteiger partial charge in [-0.15, -0.1) is 0 Å². The molecular formula is C16H20ClNO5. The third-order valence-corrected chi connectivity index (χ3v) is 3.92. The molecule has 23 heavy (non-hydrogen) atoms. The van der Waals surface area contributed by atoms with Crippen LogP contribution in [0, 0.1) is 0 Å². The number of morpholine rings is 1. The Hall–Kier alpha value is -1.63. The van der Waals surface area contributed by atoms with Gasteiger partial charge < -0.3 is 19.5 Å². The summed E-state index contributed by atoms with van der Waals surface area (Å²) in [5, 5.41) is 10.5. The summed E-state index contributed by atoms with van der Waals surface area (Å²) in [5.41, 5.74) is 0.798. The SMILES string of the molecule is CCOC(=O)C[C@@H](O)C(=O)N1CCO[C@@H](c2ccccc2Cl)C1. The highest BCUT2D eigenvalue weighted by atomic mass is 35.5. The maximum absolute atomic E-state index is 12.3. The van der Waals surface area contributed by atoms with Crippen molar-refractivity contribution in [3.63, 3.8) is 0 Å². The molecule has 0 saturated carbocycles. The molecule has 1 N–H and O–H groups in total. The van der Waals surface area contributed by atoms with Crippen LogP contribution in [0.3, 0.4) is 0 Å². The fraction of sp³-hybridized carbons (Fsp3) is 0.500. The van der Waals surface area contributed by atoms with Gasteiger partial charge in [0.05, 0.1) is 26.2 Å². The highest BCUT2D eigenvalue weighted by Gasteiger charge is 2.31. The Morgan fingerprint density at radius 3 is 2.91 bits per heavy atom. The van der Waals surface area contributed by atoms with Crippen LogP contribution < -0.4 is 0 Å². The number of rotatable bonds is 5. The normalized spacial score (nSPS) is 19.3. The lowest BCUT2D eigenvalue weighted by Crippen LogP contribution is -2.47. The number of hydrogen-bond acceptors (Lipinski definition) is 5. The Kier molecular flexibility index (Phi) is 6.38. The number of esters is 1. The van der Waals surface area contributed by atoms with Gasteiger partial charge in [-0.2, -0.15) is 0 Å². The van der Waals surface area contributed by atoms with E-state index >= 15 is 0 Å². The number of nitrogens with zero attached hydrogens (tertiary/aromatic N) is 1. The quantitative estimate of drug-likeness (QED) is 0.822. The lowest BCUT2D eigenvalue weighted by Gasteiger charge is -2.34. The Morgan fingerprint density at radius 2 is 2.22 bits per heavy atom. The minimum absolute atomic E-state index is 0.214. The summed E-state index contributed by atoms with van der Waals surface area (Å²) in [5.74, 6) is -1.09. The van der Waals surface area contributed by atoms with Crippen LogP contribution in [0.4, 0.5) is 0 Å². The van der Waals surface area contributed by atoms with Crippen LogP contribution in [0.2, 0.25) is 5.02 Å². The highest BCUT2D eigenvalue weighted by molar-refractivity contribution is 6.31. The molecule has 2 atom stereocenters. The smallest absolute Gasteiger partial charge is 0.308 e. The van der Waals surface area contributed by atoms with Crippen LogP contribution in [-0.2, 0) is 19.1 Å². The van der Waals surface area contributed by atoms with Crippen LogP contribution in [0.25, 0.3) is 0 Å². The second kappa shape index (κ2) is 8.29. The molecule has 0 aliphatic carbocycles. The zero-order chi connectivity index (χ0) is 16.8. The average Bonchev–Trinajstić information content (AvgIpc) is 2.55.